The number of carbonyl (C=O) groups is 1. The molecule has 4 nitrogen and oxygen atoms in total. The van der Waals surface area contributed by atoms with Crippen LogP contribution in [0.4, 0.5) is 5.13 Å². The number of nitrogens with zero attached hydrogens (tertiary/aromatic N) is 1. The molecular formula is C14H17N3OS. The Labute approximate surface area is 116 Å². The Morgan fingerprint density at radius 3 is 2.74 bits per heavy atom. The molecule has 1 aromatic carbocycles. The lowest BCUT2D eigenvalue weighted by Gasteiger charge is -2.04. The van der Waals surface area contributed by atoms with Crippen LogP contribution in [0, 0.1) is 13.8 Å². The van der Waals surface area contributed by atoms with Crippen molar-refractivity contribution < 1.29 is 4.79 Å². The lowest BCUT2D eigenvalue weighted by Crippen LogP contribution is -2.32. The molecule has 0 aliphatic heterocycles. The van der Waals surface area contributed by atoms with Crippen LogP contribution >= 0.6 is 11.3 Å². The number of hydrogen-bond donors (Lipinski definition) is 2. The average molecular weight is 275 g/mol. The van der Waals surface area contributed by atoms with Gasteiger partial charge in [-0.3, -0.25) is 4.79 Å². The quantitative estimate of drug-likeness (QED) is 0.905. The fourth-order valence-corrected chi connectivity index (χ4v) is 2.31. The Morgan fingerprint density at radius 1 is 1.37 bits per heavy atom. The predicted octanol–water partition coefficient (Wildman–Crippen LogP) is 2.71. The van der Waals surface area contributed by atoms with Gasteiger partial charge in [-0.1, -0.05) is 12.1 Å². The van der Waals surface area contributed by atoms with Gasteiger partial charge in [-0.2, -0.15) is 0 Å². The van der Waals surface area contributed by atoms with Crippen LogP contribution in [0.25, 0.3) is 11.3 Å². The molecule has 0 spiro atoms. The minimum atomic E-state index is -0.533. The monoisotopic (exact) mass is 275 g/mol. The third-order valence-corrected chi connectivity index (χ3v) is 3.71. The van der Waals surface area contributed by atoms with E-state index in [2.05, 4.69) is 36.3 Å². The fraction of sp³-hybridized carbons (Fsp3) is 0.286. The number of nitrogens with one attached hydrogen (secondary N) is 1. The molecule has 0 unspecified atom stereocenters. The third kappa shape index (κ3) is 3.19. The second kappa shape index (κ2) is 5.50. The number of amides is 1. The largest absolute Gasteiger partial charge is 0.320 e. The van der Waals surface area contributed by atoms with Gasteiger partial charge in [0.2, 0.25) is 5.91 Å². The molecule has 0 aliphatic carbocycles. The SMILES string of the molecule is Cc1ccc(-c2csc(NC(=O)[C@@H](C)N)n2)cc1C. The van der Waals surface area contributed by atoms with E-state index in [4.69, 9.17) is 5.73 Å². The standard InChI is InChI=1S/C14H17N3OS/c1-8-4-5-11(6-9(8)2)12-7-19-14(16-12)17-13(18)10(3)15/h4-7,10H,15H2,1-3H3,(H,16,17,18)/t10-/m1/s1. The molecule has 0 saturated heterocycles. The topological polar surface area (TPSA) is 68.0 Å². The maximum Gasteiger partial charge on any atom is 0.242 e. The van der Waals surface area contributed by atoms with Gasteiger partial charge in [0.25, 0.3) is 0 Å². The van der Waals surface area contributed by atoms with Gasteiger partial charge in [-0.25, -0.2) is 4.98 Å². The Balaban J connectivity index is 2.21. The molecule has 100 valence electrons. The summed E-state index contributed by atoms with van der Waals surface area (Å²) in [6.45, 7) is 5.80. The molecule has 0 radical (unpaired) electrons. The van der Waals surface area contributed by atoms with E-state index >= 15 is 0 Å². The molecule has 1 heterocycles. The van der Waals surface area contributed by atoms with E-state index < -0.39 is 6.04 Å². The summed E-state index contributed by atoms with van der Waals surface area (Å²) in [5.41, 5.74) is 9.91. The Hall–Kier alpha value is -1.72. The Morgan fingerprint density at radius 2 is 2.11 bits per heavy atom. The fourth-order valence-electron chi connectivity index (χ4n) is 1.58. The number of nitrogens with two attached hydrogens (primary N) is 1. The zero-order chi connectivity index (χ0) is 14.0. The second-order valence-corrected chi connectivity index (χ2v) is 5.47. The predicted molar refractivity (Wildman–Crippen MR) is 79.3 cm³/mol. The van der Waals surface area contributed by atoms with Gasteiger partial charge in [0, 0.05) is 10.9 Å². The van der Waals surface area contributed by atoms with E-state index in [9.17, 15) is 4.79 Å². The van der Waals surface area contributed by atoms with Gasteiger partial charge in [-0.15, -0.1) is 11.3 Å². The molecule has 2 rings (SSSR count). The van der Waals surface area contributed by atoms with Gasteiger partial charge >= 0.3 is 0 Å². The summed E-state index contributed by atoms with van der Waals surface area (Å²) < 4.78 is 0. The number of rotatable bonds is 3. The van der Waals surface area contributed by atoms with Crippen LogP contribution < -0.4 is 11.1 Å². The highest BCUT2D eigenvalue weighted by Crippen LogP contribution is 2.26. The van der Waals surface area contributed by atoms with E-state index in [1.165, 1.54) is 22.5 Å². The summed E-state index contributed by atoms with van der Waals surface area (Å²) >= 11 is 1.40. The van der Waals surface area contributed by atoms with E-state index in [0.29, 0.717) is 5.13 Å². The summed E-state index contributed by atoms with van der Waals surface area (Å²) in [6.07, 6.45) is 0. The lowest BCUT2D eigenvalue weighted by atomic mass is 10.1. The third-order valence-electron chi connectivity index (χ3n) is 2.95. The minimum Gasteiger partial charge on any atom is -0.320 e. The van der Waals surface area contributed by atoms with Crippen LogP contribution in [-0.2, 0) is 4.79 Å². The van der Waals surface area contributed by atoms with Crippen molar-refractivity contribution in [1.29, 1.82) is 0 Å². The van der Waals surface area contributed by atoms with Gasteiger partial charge in [0.1, 0.15) is 0 Å². The number of aromatic nitrogens is 1. The summed E-state index contributed by atoms with van der Waals surface area (Å²) in [5, 5.41) is 5.21. The van der Waals surface area contributed by atoms with Crippen molar-refractivity contribution >= 4 is 22.4 Å². The summed E-state index contributed by atoms with van der Waals surface area (Å²) in [7, 11) is 0. The first kappa shape index (κ1) is 13.7. The van der Waals surface area contributed by atoms with Crippen LogP contribution in [0.1, 0.15) is 18.1 Å². The van der Waals surface area contributed by atoms with Crippen LogP contribution in [0.3, 0.4) is 0 Å². The number of benzene rings is 1. The van der Waals surface area contributed by atoms with E-state index in [1.807, 2.05) is 11.4 Å². The number of thiazole rings is 1. The second-order valence-electron chi connectivity index (χ2n) is 4.61. The summed E-state index contributed by atoms with van der Waals surface area (Å²) in [5.74, 6) is -0.221. The number of carbonyl (C=O) groups excluding carboxylic acids is 1. The number of aryl methyl sites for hydroxylation is 2. The van der Waals surface area contributed by atoms with Crippen molar-refractivity contribution in [3.8, 4) is 11.3 Å². The summed E-state index contributed by atoms with van der Waals surface area (Å²) in [4.78, 5) is 15.9. The van der Waals surface area contributed by atoms with Crippen molar-refractivity contribution in [2.45, 2.75) is 26.8 Å². The van der Waals surface area contributed by atoms with E-state index in [1.54, 1.807) is 6.92 Å². The highest BCUT2D eigenvalue weighted by atomic mass is 32.1. The van der Waals surface area contributed by atoms with Crippen LogP contribution in [0.5, 0.6) is 0 Å². The summed E-state index contributed by atoms with van der Waals surface area (Å²) in [6, 6.07) is 5.68. The molecule has 0 aliphatic rings. The van der Waals surface area contributed by atoms with Gasteiger partial charge in [-0.05, 0) is 38.0 Å². The normalized spacial score (nSPS) is 12.2. The van der Waals surface area contributed by atoms with Crippen LogP contribution in [-0.4, -0.2) is 16.9 Å². The van der Waals surface area contributed by atoms with Crippen LogP contribution in [0.2, 0.25) is 0 Å². The lowest BCUT2D eigenvalue weighted by molar-refractivity contribution is -0.117. The van der Waals surface area contributed by atoms with Gasteiger partial charge < -0.3 is 11.1 Å². The van der Waals surface area contributed by atoms with E-state index in [0.717, 1.165) is 11.3 Å². The van der Waals surface area contributed by atoms with Crippen molar-refractivity contribution in [2.24, 2.45) is 5.73 Å². The minimum absolute atomic E-state index is 0.221. The molecule has 0 bridgehead atoms. The van der Waals surface area contributed by atoms with Crippen molar-refractivity contribution in [1.82, 2.24) is 4.98 Å². The zero-order valence-corrected chi connectivity index (χ0v) is 12.0. The molecule has 1 aromatic heterocycles. The highest BCUT2D eigenvalue weighted by Gasteiger charge is 2.11. The molecule has 19 heavy (non-hydrogen) atoms. The maximum absolute atomic E-state index is 11.5. The first-order chi connectivity index (χ1) is 8.97. The molecule has 0 saturated carbocycles. The molecular weight excluding hydrogens is 258 g/mol. The Bertz CT molecular complexity index is 604. The van der Waals surface area contributed by atoms with Crippen LogP contribution in [0.15, 0.2) is 23.6 Å². The van der Waals surface area contributed by atoms with Gasteiger partial charge in [0.15, 0.2) is 5.13 Å². The average Bonchev–Trinajstić information content (AvgIpc) is 2.81. The molecule has 5 heteroatoms. The Kier molecular flexibility index (Phi) is 3.97. The zero-order valence-electron chi connectivity index (χ0n) is 11.2. The van der Waals surface area contributed by atoms with Crippen molar-refractivity contribution in [2.75, 3.05) is 5.32 Å². The van der Waals surface area contributed by atoms with E-state index in [-0.39, 0.29) is 5.91 Å². The smallest absolute Gasteiger partial charge is 0.242 e. The first-order valence-electron chi connectivity index (χ1n) is 6.07. The highest BCUT2D eigenvalue weighted by molar-refractivity contribution is 7.14. The molecule has 0 fully saturated rings. The first-order valence-corrected chi connectivity index (χ1v) is 6.95. The molecule has 1 amide bonds. The van der Waals surface area contributed by atoms with Crippen molar-refractivity contribution in [3.63, 3.8) is 0 Å². The maximum atomic E-state index is 11.5. The number of anilines is 1. The van der Waals surface area contributed by atoms with Crippen molar-refractivity contribution in [3.05, 3.63) is 34.7 Å². The van der Waals surface area contributed by atoms with Gasteiger partial charge in [0.05, 0.1) is 11.7 Å². The molecule has 1 atom stereocenters. The molecule has 3 N–H and O–H groups in total. The number of hydrogen-bond acceptors (Lipinski definition) is 4. The molecule has 2 aromatic rings.